The molecule has 0 unspecified atom stereocenters. The molecular formula is C22H23N5O. The lowest BCUT2D eigenvalue weighted by molar-refractivity contribution is 0.413. The van der Waals surface area contributed by atoms with E-state index in [1.807, 2.05) is 44.6 Å². The fourth-order valence-electron chi connectivity index (χ4n) is 3.62. The molecule has 1 aromatic carbocycles. The number of rotatable bonds is 5. The zero-order chi connectivity index (χ0) is 19.7. The molecule has 1 aliphatic rings. The second-order valence-corrected chi connectivity index (χ2v) is 6.82. The normalized spacial score (nSPS) is 12.7. The van der Waals surface area contributed by atoms with Crippen LogP contribution in [-0.2, 0) is 6.42 Å². The largest absolute Gasteiger partial charge is 0.496 e. The maximum absolute atomic E-state index is 5.65. The van der Waals surface area contributed by atoms with E-state index in [0.717, 1.165) is 34.9 Å². The highest BCUT2D eigenvalue weighted by Crippen LogP contribution is 2.41. The third kappa shape index (κ3) is 3.29. The summed E-state index contributed by atoms with van der Waals surface area (Å²) in [5.74, 6) is 2.19. The summed E-state index contributed by atoms with van der Waals surface area (Å²) in [5.41, 5.74) is 7.90. The first kappa shape index (κ1) is 18.0. The van der Waals surface area contributed by atoms with E-state index in [1.54, 1.807) is 7.11 Å². The van der Waals surface area contributed by atoms with Crippen LogP contribution in [-0.4, -0.2) is 29.1 Å². The van der Waals surface area contributed by atoms with Crippen molar-refractivity contribution in [2.24, 2.45) is 0 Å². The van der Waals surface area contributed by atoms with Crippen molar-refractivity contribution in [3.8, 4) is 5.75 Å². The highest BCUT2D eigenvalue weighted by molar-refractivity contribution is 5.97. The third-order valence-corrected chi connectivity index (χ3v) is 5.02. The van der Waals surface area contributed by atoms with Crippen molar-refractivity contribution in [2.45, 2.75) is 20.3 Å². The monoisotopic (exact) mass is 373 g/mol. The molecule has 3 aromatic rings. The van der Waals surface area contributed by atoms with Crippen molar-refractivity contribution >= 4 is 28.6 Å². The van der Waals surface area contributed by atoms with Crippen LogP contribution < -0.4 is 15.4 Å². The van der Waals surface area contributed by atoms with Gasteiger partial charge in [-0.25, -0.2) is 4.98 Å². The van der Waals surface area contributed by atoms with Gasteiger partial charge in [0, 0.05) is 48.9 Å². The summed E-state index contributed by atoms with van der Waals surface area (Å²) in [4.78, 5) is 13.2. The summed E-state index contributed by atoms with van der Waals surface area (Å²) in [6.45, 7) is 4.11. The molecule has 0 fully saturated rings. The molecule has 6 heteroatoms. The number of pyridine rings is 1. The Morgan fingerprint density at radius 2 is 1.89 bits per heavy atom. The zero-order valence-corrected chi connectivity index (χ0v) is 16.5. The highest BCUT2D eigenvalue weighted by Gasteiger charge is 2.22. The van der Waals surface area contributed by atoms with Gasteiger partial charge in [0.2, 0.25) is 5.95 Å². The first-order valence-electron chi connectivity index (χ1n) is 9.21. The number of hydrogen-bond acceptors (Lipinski definition) is 6. The van der Waals surface area contributed by atoms with Gasteiger partial charge >= 0.3 is 0 Å². The van der Waals surface area contributed by atoms with Gasteiger partial charge in [-0.2, -0.15) is 4.98 Å². The SMILES string of the molecule is CNc1cc(C)nc(Nc2ccc(OC)c(C3=C(C)c4ccncc4C3)c2)n1. The van der Waals surface area contributed by atoms with Gasteiger partial charge in [-0.3, -0.25) is 4.98 Å². The Hall–Kier alpha value is -3.41. The lowest BCUT2D eigenvalue weighted by atomic mass is 9.99. The topological polar surface area (TPSA) is 72.0 Å². The van der Waals surface area contributed by atoms with E-state index >= 15 is 0 Å². The molecule has 0 bridgehead atoms. The fourth-order valence-corrected chi connectivity index (χ4v) is 3.62. The number of aromatic nitrogens is 3. The van der Waals surface area contributed by atoms with E-state index < -0.39 is 0 Å². The number of methoxy groups -OCH3 is 1. The number of benzene rings is 1. The molecule has 2 heterocycles. The first-order chi connectivity index (χ1) is 13.6. The van der Waals surface area contributed by atoms with Crippen molar-refractivity contribution in [1.29, 1.82) is 0 Å². The Balaban J connectivity index is 1.72. The van der Waals surface area contributed by atoms with Crippen LogP contribution in [0.4, 0.5) is 17.5 Å². The molecule has 0 aliphatic heterocycles. The summed E-state index contributed by atoms with van der Waals surface area (Å²) in [6, 6.07) is 10.0. The van der Waals surface area contributed by atoms with Crippen molar-refractivity contribution in [3.63, 3.8) is 0 Å². The number of nitrogens with zero attached hydrogens (tertiary/aromatic N) is 3. The smallest absolute Gasteiger partial charge is 0.229 e. The lowest BCUT2D eigenvalue weighted by Crippen LogP contribution is -2.03. The molecule has 142 valence electrons. The second kappa shape index (κ2) is 7.31. The van der Waals surface area contributed by atoms with E-state index in [0.29, 0.717) is 5.95 Å². The van der Waals surface area contributed by atoms with Crippen LogP contribution in [0.2, 0.25) is 0 Å². The predicted molar refractivity (Wildman–Crippen MR) is 113 cm³/mol. The van der Waals surface area contributed by atoms with Crippen LogP contribution >= 0.6 is 0 Å². The molecule has 6 nitrogen and oxygen atoms in total. The summed E-state index contributed by atoms with van der Waals surface area (Å²) in [7, 11) is 3.55. The number of allylic oxidation sites excluding steroid dienone is 2. The minimum Gasteiger partial charge on any atom is -0.496 e. The molecule has 1 aliphatic carbocycles. The molecule has 0 saturated heterocycles. The maximum Gasteiger partial charge on any atom is 0.229 e. The molecular weight excluding hydrogens is 350 g/mol. The van der Waals surface area contributed by atoms with Crippen molar-refractivity contribution in [2.75, 3.05) is 24.8 Å². The van der Waals surface area contributed by atoms with Gasteiger partial charge in [-0.05, 0) is 60.4 Å². The van der Waals surface area contributed by atoms with Crippen molar-refractivity contribution < 1.29 is 4.74 Å². The molecule has 0 atom stereocenters. The molecule has 0 saturated carbocycles. The molecule has 0 amide bonds. The van der Waals surface area contributed by atoms with Gasteiger partial charge in [0.15, 0.2) is 0 Å². The van der Waals surface area contributed by atoms with E-state index in [9.17, 15) is 0 Å². The summed E-state index contributed by atoms with van der Waals surface area (Å²) in [6.07, 6.45) is 4.63. The number of fused-ring (bicyclic) bond motifs is 1. The van der Waals surface area contributed by atoms with E-state index in [2.05, 4.69) is 44.6 Å². The lowest BCUT2D eigenvalue weighted by Gasteiger charge is -2.14. The zero-order valence-electron chi connectivity index (χ0n) is 16.5. The quantitative estimate of drug-likeness (QED) is 0.688. The van der Waals surface area contributed by atoms with Crippen LogP contribution in [0.5, 0.6) is 5.75 Å². The Morgan fingerprint density at radius 1 is 1.04 bits per heavy atom. The standard InChI is InChI=1S/C22H23N5O/c1-13-9-21(23-3)27-22(25-13)26-16-5-6-20(28-4)19(11-16)18-10-15-12-24-8-7-17(15)14(18)2/h5-9,11-12H,10H2,1-4H3,(H2,23,25,26,27). The average Bonchev–Trinajstić information content (AvgIpc) is 3.04. The Labute approximate surface area is 164 Å². The Kier molecular flexibility index (Phi) is 4.69. The highest BCUT2D eigenvalue weighted by atomic mass is 16.5. The summed E-state index contributed by atoms with van der Waals surface area (Å²) < 4.78 is 5.65. The minimum absolute atomic E-state index is 0.560. The van der Waals surface area contributed by atoms with Crippen molar-refractivity contribution in [1.82, 2.24) is 15.0 Å². The molecule has 0 spiro atoms. The molecule has 0 radical (unpaired) electrons. The number of aryl methyl sites for hydroxylation is 1. The number of ether oxygens (including phenoxy) is 1. The van der Waals surface area contributed by atoms with Gasteiger partial charge in [0.1, 0.15) is 11.6 Å². The molecule has 2 aromatic heterocycles. The van der Waals surface area contributed by atoms with E-state index in [1.165, 1.54) is 22.3 Å². The molecule has 28 heavy (non-hydrogen) atoms. The molecule has 4 rings (SSSR count). The third-order valence-electron chi connectivity index (χ3n) is 5.02. The Morgan fingerprint density at radius 3 is 2.64 bits per heavy atom. The van der Waals surface area contributed by atoms with Crippen LogP contribution in [0.3, 0.4) is 0 Å². The van der Waals surface area contributed by atoms with E-state index in [4.69, 9.17) is 4.74 Å². The van der Waals surface area contributed by atoms with Gasteiger partial charge in [-0.15, -0.1) is 0 Å². The van der Waals surface area contributed by atoms with Crippen LogP contribution in [0.15, 0.2) is 42.7 Å². The van der Waals surface area contributed by atoms with Gasteiger partial charge in [-0.1, -0.05) is 0 Å². The summed E-state index contributed by atoms with van der Waals surface area (Å²) in [5, 5.41) is 6.38. The molecule has 2 N–H and O–H groups in total. The number of anilines is 3. The van der Waals surface area contributed by atoms with Gasteiger partial charge in [0.25, 0.3) is 0 Å². The van der Waals surface area contributed by atoms with Gasteiger partial charge < -0.3 is 15.4 Å². The van der Waals surface area contributed by atoms with E-state index in [-0.39, 0.29) is 0 Å². The first-order valence-corrected chi connectivity index (χ1v) is 9.21. The van der Waals surface area contributed by atoms with Gasteiger partial charge in [0.05, 0.1) is 7.11 Å². The fraction of sp³-hybridized carbons (Fsp3) is 0.227. The predicted octanol–water partition coefficient (Wildman–Crippen LogP) is 4.46. The van der Waals surface area contributed by atoms with Crippen LogP contribution in [0.1, 0.15) is 29.3 Å². The summed E-state index contributed by atoms with van der Waals surface area (Å²) >= 11 is 0. The minimum atomic E-state index is 0.560. The van der Waals surface area contributed by atoms with Crippen LogP contribution in [0.25, 0.3) is 11.1 Å². The maximum atomic E-state index is 5.65. The average molecular weight is 373 g/mol. The van der Waals surface area contributed by atoms with Crippen LogP contribution in [0, 0.1) is 6.92 Å². The van der Waals surface area contributed by atoms with Crippen molar-refractivity contribution in [3.05, 3.63) is 65.1 Å². The number of hydrogen-bond donors (Lipinski definition) is 2. The second-order valence-electron chi connectivity index (χ2n) is 6.82. The Bertz CT molecular complexity index is 1070. The number of nitrogens with one attached hydrogen (secondary N) is 2.